The molecule has 0 saturated carbocycles. The summed E-state index contributed by atoms with van der Waals surface area (Å²) in [5, 5.41) is 0. The van der Waals surface area contributed by atoms with Crippen molar-refractivity contribution in [1.29, 1.82) is 0 Å². The van der Waals surface area contributed by atoms with Crippen LogP contribution in [-0.4, -0.2) is 12.4 Å². The normalized spacial score (nSPS) is 10.4. The SMILES string of the molecule is CCC(=O)CCCOc1c(F)cc(F)cc1Br. The fourth-order valence-electron chi connectivity index (χ4n) is 1.29. The van der Waals surface area contributed by atoms with Gasteiger partial charge in [-0.1, -0.05) is 6.92 Å². The van der Waals surface area contributed by atoms with Crippen molar-refractivity contribution in [2.24, 2.45) is 0 Å². The van der Waals surface area contributed by atoms with Gasteiger partial charge in [0, 0.05) is 18.9 Å². The molecule has 1 rings (SSSR count). The zero-order chi connectivity index (χ0) is 12.8. The van der Waals surface area contributed by atoms with Crippen molar-refractivity contribution in [2.75, 3.05) is 6.61 Å². The Morgan fingerprint density at radius 3 is 2.71 bits per heavy atom. The van der Waals surface area contributed by atoms with Crippen LogP contribution < -0.4 is 4.74 Å². The molecule has 0 bridgehead atoms. The molecule has 0 heterocycles. The van der Waals surface area contributed by atoms with Gasteiger partial charge in [0.05, 0.1) is 11.1 Å². The maximum atomic E-state index is 13.3. The van der Waals surface area contributed by atoms with E-state index in [0.717, 1.165) is 12.1 Å². The van der Waals surface area contributed by atoms with Crippen LogP contribution in [0.25, 0.3) is 0 Å². The zero-order valence-electron chi connectivity index (χ0n) is 9.43. The van der Waals surface area contributed by atoms with E-state index in [1.807, 2.05) is 0 Å². The predicted octanol–water partition coefficient (Wildman–Crippen LogP) is 3.87. The Morgan fingerprint density at radius 2 is 2.12 bits per heavy atom. The van der Waals surface area contributed by atoms with Crippen molar-refractivity contribution >= 4 is 21.7 Å². The fourth-order valence-corrected chi connectivity index (χ4v) is 1.81. The summed E-state index contributed by atoms with van der Waals surface area (Å²) in [4.78, 5) is 11.0. The van der Waals surface area contributed by atoms with Gasteiger partial charge in [0.1, 0.15) is 11.6 Å². The zero-order valence-corrected chi connectivity index (χ0v) is 11.0. The van der Waals surface area contributed by atoms with Crippen LogP contribution >= 0.6 is 15.9 Å². The van der Waals surface area contributed by atoms with E-state index in [1.165, 1.54) is 0 Å². The Hall–Kier alpha value is -0.970. The molecular formula is C12H13BrF2O2. The first kappa shape index (κ1) is 14.1. The lowest BCUT2D eigenvalue weighted by molar-refractivity contribution is -0.118. The first-order valence-electron chi connectivity index (χ1n) is 5.33. The smallest absolute Gasteiger partial charge is 0.169 e. The summed E-state index contributed by atoms with van der Waals surface area (Å²) >= 11 is 3.02. The van der Waals surface area contributed by atoms with Crippen LogP contribution in [0.1, 0.15) is 26.2 Å². The Bertz CT molecular complexity index is 384. The lowest BCUT2D eigenvalue weighted by atomic mass is 10.2. The minimum Gasteiger partial charge on any atom is -0.489 e. The second kappa shape index (κ2) is 6.69. The van der Waals surface area contributed by atoms with Gasteiger partial charge in [-0.25, -0.2) is 8.78 Å². The molecule has 5 heteroatoms. The molecule has 0 spiro atoms. The van der Waals surface area contributed by atoms with E-state index in [0.29, 0.717) is 19.3 Å². The fraction of sp³-hybridized carbons (Fsp3) is 0.417. The number of ether oxygens (including phenoxy) is 1. The summed E-state index contributed by atoms with van der Waals surface area (Å²) in [6.07, 6.45) is 1.43. The van der Waals surface area contributed by atoms with E-state index in [4.69, 9.17) is 4.74 Å². The second-order valence-electron chi connectivity index (χ2n) is 3.54. The molecule has 17 heavy (non-hydrogen) atoms. The van der Waals surface area contributed by atoms with Gasteiger partial charge in [-0.3, -0.25) is 4.79 Å². The van der Waals surface area contributed by atoms with Gasteiger partial charge < -0.3 is 4.74 Å². The number of hydrogen-bond donors (Lipinski definition) is 0. The molecule has 0 aliphatic rings. The maximum absolute atomic E-state index is 13.3. The summed E-state index contributed by atoms with van der Waals surface area (Å²) in [6, 6.07) is 1.90. The van der Waals surface area contributed by atoms with Gasteiger partial charge in [0.15, 0.2) is 11.6 Å². The summed E-state index contributed by atoms with van der Waals surface area (Å²) in [7, 11) is 0. The molecule has 0 aliphatic carbocycles. The van der Waals surface area contributed by atoms with E-state index < -0.39 is 11.6 Å². The van der Waals surface area contributed by atoms with Crippen LogP contribution in [-0.2, 0) is 4.79 Å². The van der Waals surface area contributed by atoms with E-state index >= 15 is 0 Å². The minimum atomic E-state index is -0.751. The summed E-state index contributed by atoms with van der Waals surface area (Å²) in [5.41, 5.74) is 0. The third-order valence-corrected chi connectivity index (χ3v) is 2.79. The van der Waals surface area contributed by atoms with Crippen molar-refractivity contribution in [1.82, 2.24) is 0 Å². The number of carbonyl (C=O) groups excluding carboxylic acids is 1. The predicted molar refractivity (Wildman–Crippen MR) is 64.1 cm³/mol. The number of carbonyl (C=O) groups is 1. The Labute approximate surface area is 107 Å². The maximum Gasteiger partial charge on any atom is 0.169 e. The van der Waals surface area contributed by atoms with Gasteiger partial charge in [0.25, 0.3) is 0 Å². The van der Waals surface area contributed by atoms with Crippen molar-refractivity contribution in [3.05, 3.63) is 28.2 Å². The first-order valence-corrected chi connectivity index (χ1v) is 6.13. The van der Waals surface area contributed by atoms with Crippen LogP contribution in [0.2, 0.25) is 0 Å². The molecule has 0 aromatic heterocycles. The molecule has 0 aliphatic heterocycles. The molecule has 0 fully saturated rings. The van der Waals surface area contributed by atoms with Crippen molar-refractivity contribution in [3.63, 3.8) is 0 Å². The third kappa shape index (κ3) is 4.42. The number of rotatable bonds is 6. The number of Topliss-reactive ketones (excluding diaryl/α,β-unsaturated/α-hetero) is 1. The monoisotopic (exact) mass is 306 g/mol. The molecule has 0 amide bonds. The highest BCUT2D eigenvalue weighted by Crippen LogP contribution is 2.29. The summed E-state index contributed by atoms with van der Waals surface area (Å²) < 4.78 is 31.5. The molecule has 0 N–H and O–H groups in total. The van der Waals surface area contributed by atoms with Crippen LogP contribution in [0.5, 0.6) is 5.75 Å². The molecule has 0 unspecified atom stereocenters. The minimum absolute atomic E-state index is 0.0182. The quantitative estimate of drug-likeness (QED) is 0.746. The van der Waals surface area contributed by atoms with Gasteiger partial charge in [-0.05, 0) is 28.4 Å². The highest BCUT2D eigenvalue weighted by atomic mass is 79.9. The number of halogens is 3. The van der Waals surface area contributed by atoms with Crippen molar-refractivity contribution in [3.8, 4) is 5.75 Å². The van der Waals surface area contributed by atoms with Gasteiger partial charge >= 0.3 is 0 Å². The molecule has 0 atom stereocenters. The van der Waals surface area contributed by atoms with E-state index in [-0.39, 0.29) is 22.6 Å². The van der Waals surface area contributed by atoms with Crippen molar-refractivity contribution < 1.29 is 18.3 Å². The van der Waals surface area contributed by atoms with Crippen molar-refractivity contribution in [2.45, 2.75) is 26.2 Å². The second-order valence-corrected chi connectivity index (χ2v) is 4.40. The van der Waals surface area contributed by atoms with Crippen LogP contribution in [0, 0.1) is 11.6 Å². The highest BCUT2D eigenvalue weighted by molar-refractivity contribution is 9.10. The standard InChI is InChI=1S/C12H13BrF2O2/c1-2-9(16)4-3-5-17-12-10(13)6-8(14)7-11(12)15/h6-7H,2-5H2,1H3. The summed E-state index contributed by atoms with van der Waals surface area (Å²) in [5.74, 6) is -1.29. The van der Waals surface area contributed by atoms with Gasteiger partial charge in [-0.2, -0.15) is 0 Å². The lowest BCUT2D eigenvalue weighted by Crippen LogP contribution is -2.04. The summed E-state index contributed by atoms with van der Waals surface area (Å²) in [6.45, 7) is 2.02. The Morgan fingerprint density at radius 1 is 1.41 bits per heavy atom. The molecule has 1 aromatic carbocycles. The van der Waals surface area contributed by atoms with Gasteiger partial charge in [-0.15, -0.1) is 0 Å². The van der Waals surface area contributed by atoms with Gasteiger partial charge in [0.2, 0.25) is 0 Å². The molecule has 0 radical (unpaired) electrons. The Kier molecular flexibility index (Phi) is 5.55. The molecular weight excluding hydrogens is 294 g/mol. The molecule has 0 saturated heterocycles. The number of benzene rings is 1. The Balaban J connectivity index is 2.50. The van der Waals surface area contributed by atoms with E-state index in [1.54, 1.807) is 6.92 Å². The lowest BCUT2D eigenvalue weighted by Gasteiger charge is -2.08. The van der Waals surface area contributed by atoms with E-state index in [9.17, 15) is 13.6 Å². The molecule has 2 nitrogen and oxygen atoms in total. The average molecular weight is 307 g/mol. The average Bonchev–Trinajstić information content (AvgIpc) is 2.26. The third-order valence-electron chi connectivity index (χ3n) is 2.20. The highest BCUT2D eigenvalue weighted by Gasteiger charge is 2.10. The number of hydrogen-bond acceptors (Lipinski definition) is 2. The molecule has 1 aromatic rings. The molecule has 94 valence electrons. The largest absolute Gasteiger partial charge is 0.489 e. The first-order chi connectivity index (χ1) is 8.04. The van der Waals surface area contributed by atoms with Crippen LogP contribution in [0.15, 0.2) is 16.6 Å². The van der Waals surface area contributed by atoms with E-state index in [2.05, 4.69) is 15.9 Å². The number of ketones is 1. The topological polar surface area (TPSA) is 26.3 Å². The van der Waals surface area contributed by atoms with Crippen LogP contribution in [0.3, 0.4) is 0 Å². The van der Waals surface area contributed by atoms with Crippen LogP contribution in [0.4, 0.5) is 8.78 Å².